The van der Waals surface area contributed by atoms with Crippen molar-refractivity contribution in [2.45, 2.75) is 20.3 Å². The fraction of sp³-hybridized carbons (Fsp3) is 0.368. The summed E-state index contributed by atoms with van der Waals surface area (Å²) in [7, 11) is 0. The Morgan fingerprint density at radius 3 is 2.56 bits per heavy atom. The number of aromatic nitrogens is 2. The summed E-state index contributed by atoms with van der Waals surface area (Å²) < 4.78 is 0. The number of carboxylic acids is 1. The van der Waals surface area contributed by atoms with Gasteiger partial charge in [0.25, 0.3) is 5.91 Å². The Bertz CT molecular complexity index is 792. The van der Waals surface area contributed by atoms with Gasteiger partial charge in [0.2, 0.25) is 0 Å². The van der Waals surface area contributed by atoms with Crippen LogP contribution in [0.15, 0.2) is 42.9 Å². The molecule has 6 heteroatoms. The molecular weight excluding hydrogens is 318 g/mol. The molecule has 2 heterocycles. The molecule has 0 spiro atoms. The average molecular weight is 339 g/mol. The number of benzene rings is 1. The summed E-state index contributed by atoms with van der Waals surface area (Å²) in [5.74, 6) is -1.11. The van der Waals surface area contributed by atoms with Gasteiger partial charge in [-0.1, -0.05) is 44.2 Å². The third-order valence-corrected chi connectivity index (χ3v) is 5.11. The average Bonchev–Trinajstić information content (AvgIpc) is 3.09. The highest BCUT2D eigenvalue weighted by Gasteiger charge is 2.48. The van der Waals surface area contributed by atoms with Crippen LogP contribution in [0.2, 0.25) is 0 Å². The second-order valence-electron chi connectivity index (χ2n) is 6.74. The molecule has 1 N–H and O–H groups in total. The number of carbonyl (C=O) groups is 2. The number of aliphatic carboxylic acids is 1. The molecule has 1 saturated heterocycles. The SMILES string of the molecule is CC(C)C1(C(=O)O)CCN(C(=O)c2cncnc2-c2ccccc2)C1. The molecule has 3 rings (SSSR count). The van der Waals surface area contributed by atoms with Crippen LogP contribution in [0.1, 0.15) is 30.6 Å². The van der Waals surface area contributed by atoms with E-state index in [1.54, 1.807) is 4.90 Å². The third-order valence-electron chi connectivity index (χ3n) is 5.11. The summed E-state index contributed by atoms with van der Waals surface area (Å²) in [4.78, 5) is 34.7. The lowest BCUT2D eigenvalue weighted by Crippen LogP contribution is -2.40. The minimum Gasteiger partial charge on any atom is -0.481 e. The van der Waals surface area contributed by atoms with E-state index in [2.05, 4.69) is 9.97 Å². The first-order valence-electron chi connectivity index (χ1n) is 8.34. The lowest BCUT2D eigenvalue weighted by Gasteiger charge is -2.28. The molecule has 0 bridgehead atoms. The molecule has 0 radical (unpaired) electrons. The molecule has 0 aliphatic carbocycles. The zero-order valence-corrected chi connectivity index (χ0v) is 14.3. The van der Waals surface area contributed by atoms with Gasteiger partial charge < -0.3 is 10.0 Å². The van der Waals surface area contributed by atoms with Crippen LogP contribution >= 0.6 is 0 Å². The summed E-state index contributed by atoms with van der Waals surface area (Å²) in [6.45, 7) is 4.42. The van der Waals surface area contributed by atoms with E-state index in [0.717, 1.165) is 5.56 Å². The zero-order chi connectivity index (χ0) is 18.0. The first-order chi connectivity index (χ1) is 12.0. The van der Waals surface area contributed by atoms with Gasteiger partial charge >= 0.3 is 5.97 Å². The number of hydrogen-bond acceptors (Lipinski definition) is 4. The first-order valence-corrected chi connectivity index (χ1v) is 8.34. The number of nitrogens with zero attached hydrogens (tertiary/aromatic N) is 3. The van der Waals surface area contributed by atoms with Crippen LogP contribution in [0.25, 0.3) is 11.3 Å². The van der Waals surface area contributed by atoms with E-state index >= 15 is 0 Å². The molecule has 1 atom stereocenters. The summed E-state index contributed by atoms with van der Waals surface area (Å²) >= 11 is 0. The molecular formula is C19H21N3O3. The van der Waals surface area contributed by atoms with Crippen molar-refractivity contribution in [1.29, 1.82) is 0 Å². The van der Waals surface area contributed by atoms with Gasteiger partial charge in [0.15, 0.2) is 0 Å². The van der Waals surface area contributed by atoms with Crippen LogP contribution < -0.4 is 0 Å². The summed E-state index contributed by atoms with van der Waals surface area (Å²) in [6.07, 6.45) is 3.38. The molecule has 6 nitrogen and oxygen atoms in total. The molecule has 1 fully saturated rings. The quantitative estimate of drug-likeness (QED) is 0.926. The summed E-state index contributed by atoms with van der Waals surface area (Å²) in [6, 6.07) is 9.44. The molecule has 2 aromatic rings. The second-order valence-corrected chi connectivity index (χ2v) is 6.74. The van der Waals surface area contributed by atoms with Gasteiger partial charge in [-0.2, -0.15) is 0 Å². The summed E-state index contributed by atoms with van der Waals surface area (Å²) in [5, 5.41) is 9.67. The van der Waals surface area contributed by atoms with Gasteiger partial charge in [-0.3, -0.25) is 9.59 Å². The minimum absolute atomic E-state index is 0.0524. The van der Waals surface area contributed by atoms with Crippen LogP contribution in [0.4, 0.5) is 0 Å². The fourth-order valence-electron chi connectivity index (χ4n) is 3.38. The Balaban J connectivity index is 1.92. The van der Waals surface area contributed by atoms with Crippen molar-refractivity contribution in [1.82, 2.24) is 14.9 Å². The largest absolute Gasteiger partial charge is 0.481 e. The predicted octanol–water partition coefficient (Wildman–Crippen LogP) is 2.72. The van der Waals surface area contributed by atoms with Crippen LogP contribution in [0.5, 0.6) is 0 Å². The highest BCUT2D eigenvalue weighted by molar-refractivity contribution is 6.00. The van der Waals surface area contributed by atoms with Crippen molar-refractivity contribution < 1.29 is 14.7 Å². The smallest absolute Gasteiger partial charge is 0.311 e. The standard InChI is InChI=1S/C19H21N3O3/c1-13(2)19(18(24)25)8-9-22(11-19)17(23)15-10-20-12-21-16(15)14-6-4-3-5-7-14/h3-7,10,12-13H,8-9,11H2,1-2H3,(H,24,25). The van der Waals surface area contributed by atoms with Crippen LogP contribution in [-0.2, 0) is 4.79 Å². The van der Waals surface area contributed by atoms with Crippen LogP contribution in [0.3, 0.4) is 0 Å². The normalized spacial score (nSPS) is 20.0. The Labute approximate surface area is 146 Å². The third kappa shape index (κ3) is 2.99. The van der Waals surface area contributed by atoms with Gasteiger partial charge in [0.05, 0.1) is 16.7 Å². The zero-order valence-electron chi connectivity index (χ0n) is 14.3. The Morgan fingerprint density at radius 2 is 1.96 bits per heavy atom. The lowest BCUT2D eigenvalue weighted by atomic mass is 9.76. The van der Waals surface area contributed by atoms with Crippen molar-refractivity contribution in [2.75, 3.05) is 13.1 Å². The van der Waals surface area contributed by atoms with E-state index in [1.807, 2.05) is 44.2 Å². The molecule has 1 unspecified atom stereocenters. The number of hydrogen-bond donors (Lipinski definition) is 1. The first kappa shape index (κ1) is 17.1. The molecule has 0 saturated carbocycles. The molecule has 1 aliphatic rings. The molecule has 1 aromatic carbocycles. The molecule has 130 valence electrons. The number of amides is 1. The van der Waals surface area contributed by atoms with Crippen molar-refractivity contribution in [3.8, 4) is 11.3 Å². The van der Waals surface area contributed by atoms with Crippen LogP contribution in [-0.4, -0.2) is 44.9 Å². The predicted molar refractivity (Wildman–Crippen MR) is 92.9 cm³/mol. The maximum atomic E-state index is 13.0. The highest BCUT2D eigenvalue weighted by Crippen LogP contribution is 2.39. The van der Waals surface area contributed by atoms with E-state index in [-0.39, 0.29) is 18.4 Å². The number of rotatable bonds is 4. The Morgan fingerprint density at radius 1 is 1.24 bits per heavy atom. The summed E-state index contributed by atoms with van der Waals surface area (Å²) in [5.41, 5.74) is 0.913. The Hall–Kier alpha value is -2.76. The van der Waals surface area contributed by atoms with Gasteiger partial charge in [-0.05, 0) is 12.3 Å². The Kier molecular flexibility index (Phi) is 4.53. The molecule has 1 aliphatic heterocycles. The highest BCUT2D eigenvalue weighted by atomic mass is 16.4. The number of carboxylic acid groups (broad SMARTS) is 1. The lowest BCUT2D eigenvalue weighted by molar-refractivity contribution is -0.150. The fourth-order valence-corrected chi connectivity index (χ4v) is 3.38. The van der Waals surface area contributed by atoms with Crippen molar-refractivity contribution >= 4 is 11.9 Å². The maximum absolute atomic E-state index is 13.0. The topological polar surface area (TPSA) is 83.4 Å². The van der Waals surface area contributed by atoms with Crippen molar-refractivity contribution in [3.63, 3.8) is 0 Å². The van der Waals surface area contributed by atoms with Gasteiger partial charge in [-0.25, -0.2) is 9.97 Å². The molecule has 1 aromatic heterocycles. The van der Waals surface area contributed by atoms with Gasteiger partial charge in [0, 0.05) is 24.8 Å². The van der Waals surface area contributed by atoms with E-state index < -0.39 is 11.4 Å². The van der Waals surface area contributed by atoms with E-state index in [1.165, 1.54) is 12.5 Å². The van der Waals surface area contributed by atoms with Crippen molar-refractivity contribution in [3.05, 3.63) is 48.4 Å². The monoisotopic (exact) mass is 339 g/mol. The van der Waals surface area contributed by atoms with Crippen LogP contribution in [0, 0.1) is 11.3 Å². The number of carbonyl (C=O) groups excluding carboxylic acids is 1. The molecule has 1 amide bonds. The minimum atomic E-state index is -0.891. The van der Waals surface area contributed by atoms with E-state index in [9.17, 15) is 14.7 Å². The number of likely N-dealkylation sites (tertiary alicyclic amines) is 1. The molecule has 25 heavy (non-hydrogen) atoms. The van der Waals surface area contributed by atoms with E-state index in [4.69, 9.17) is 0 Å². The maximum Gasteiger partial charge on any atom is 0.311 e. The second kappa shape index (κ2) is 6.63. The van der Waals surface area contributed by atoms with E-state index in [0.29, 0.717) is 24.2 Å². The van der Waals surface area contributed by atoms with Crippen molar-refractivity contribution in [2.24, 2.45) is 11.3 Å². The van der Waals surface area contributed by atoms with Gasteiger partial charge in [-0.15, -0.1) is 0 Å². The van der Waals surface area contributed by atoms with Gasteiger partial charge in [0.1, 0.15) is 6.33 Å².